The van der Waals surface area contributed by atoms with Gasteiger partial charge < -0.3 is 20.3 Å². The van der Waals surface area contributed by atoms with Gasteiger partial charge in [-0.3, -0.25) is 9.59 Å². The number of rotatable bonds is 4. The summed E-state index contributed by atoms with van der Waals surface area (Å²) in [6, 6.07) is 1.95. The molecule has 1 aliphatic rings. The standard InChI is InChI=1S/C13H11ClN2O6/c1-22-9-4-6(2-7(14)11(9)19)3-8-12(20)16(5-10(17)18)13(21)15-8/h2-4,19H,5H2,1H3,(H,15,21)(H,17,18)/b8-3+. The lowest BCUT2D eigenvalue weighted by Gasteiger charge is -2.07. The summed E-state index contributed by atoms with van der Waals surface area (Å²) in [5.41, 5.74) is 0.288. The lowest BCUT2D eigenvalue weighted by atomic mass is 10.1. The minimum Gasteiger partial charge on any atom is -0.503 e. The highest BCUT2D eigenvalue weighted by Crippen LogP contribution is 2.35. The molecule has 2 rings (SSSR count). The topological polar surface area (TPSA) is 116 Å². The number of imide groups is 1. The molecule has 9 heteroatoms. The van der Waals surface area contributed by atoms with Crippen LogP contribution in [0.4, 0.5) is 4.79 Å². The molecule has 1 saturated heterocycles. The van der Waals surface area contributed by atoms with E-state index in [1.807, 2.05) is 0 Å². The summed E-state index contributed by atoms with van der Waals surface area (Å²) in [5, 5.41) is 20.6. The van der Waals surface area contributed by atoms with E-state index in [1.165, 1.54) is 25.3 Å². The fourth-order valence-corrected chi connectivity index (χ4v) is 2.07. The number of phenols is 1. The number of nitrogens with one attached hydrogen (secondary N) is 1. The van der Waals surface area contributed by atoms with E-state index in [4.69, 9.17) is 21.4 Å². The van der Waals surface area contributed by atoms with Crippen molar-refractivity contribution in [1.82, 2.24) is 10.2 Å². The van der Waals surface area contributed by atoms with Crippen LogP contribution in [-0.4, -0.2) is 46.7 Å². The van der Waals surface area contributed by atoms with Gasteiger partial charge >= 0.3 is 12.0 Å². The van der Waals surface area contributed by atoms with Crippen molar-refractivity contribution in [2.75, 3.05) is 13.7 Å². The summed E-state index contributed by atoms with van der Waals surface area (Å²) in [4.78, 5) is 34.7. The fraction of sp³-hybridized carbons (Fsp3) is 0.154. The molecule has 0 aromatic heterocycles. The van der Waals surface area contributed by atoms with Crippen LogP contribution in [-0.2, 0) is 9.59 Å². The van der Waals surface area contributed by atoms with Gasteiger partial charge in [-0.1, -0.05) is 11.6 Å². The molecule has 0 atom stereocenters. The Morgan fingerprint density at radius 2 is 2.14 bits per heavy atom. The Hall–Kier alpha value is -2.74. The van der Waals surface area contributed by atoms with Crippen LogP contribution in [0.2, 0.25) is 5.02 Å². The quantitative estimate of drug-likeness (QED) is 0.562. The van der Waals surface area contributed by atoms with Gasteiger partial charge in [0.05, 0.1) is 12.1 Å². The second kappa shape index (κ2) is 5.94. The average molecular weight is 327 g/mol. The van der Waals surface area contributed by atoms with Crippen molar-refractivity contribution in [2.45, 2.75) is 0 Å². The minimum atomic E-state index is -1.31. The molecular formula is C13H11ClN2O6. The van der Waals surface area contributed by atoms with Gasteiger partial charge in [-0.05, 0) is 23.8 Å². The second-order valence-electron chi connectivity index (χ2n) is 4.33. The Morgan fingerprint density at radius 1 is 1.45 bits per heavy atom. The molecule has 1 aromatic carbocycles. The molecule has 0 saturated carbocycles. The molecule has 8 nitrogen and oxygen atoms in total. The average Bonchev–Trinajstić information content (AvgIpc) is 2.70. The molecule has 3 N–H and O–H groups in total. The van der Waals surface area contributed by atoms with Crippen LogP contribution in [0.15, 0.2) is 17.8 Å². The summed E-state index contributed by atoms with van der Waals surface area (Å²) < 4.78 is 4.93. The summed E-state index contributed by atoms with van der Waals surface area (Å²) in [5.74, 6) is -2.23. The fourth-order valence-electron chi connectivity index (χ4n) is 1.85. The van der Waals surface area contributed by atoms with Crippen LogP contribution >= 0.6 is 11.6 Å². The monoisotopic (exact) mass is 326 g/mol. The van der Waals surface area contributed by atoms with E-state index in [0.29, 0.717) is 10.5 Å². The third-order valence-corrected chi connectivity index (χ3v) is 3.13. The predicted molar refractivity (Wildman–Crippen MR) is 75.5 cm³/mol. The zero-order valence-electron chi connectivity index (χ0n) is 11.3. The van der Waals surface area contributed by atoms with Crippen LogP contribution < -0.4 is 10.1 Å². The number of aliphatic carboxylic acids is 1. The molecule has 0 aliphatic carbocycles. The van der Waals surface area contributed by atoms with Gasteiger partial charge in [-0.2, -0.15) is 0 Å². The van der Waals surface area contributed by atoms with Crippen LogP contribution in [0, 0.1) is 0 Å². The zero-order valence-corrected chi connectivity index (χ0v) is 12.0. The van der Waals surface area contributed by atoms with Crippen molar-refractivity contribution in [3.05, 3.63) is 28.4 Å². The number of hydrogen-bond donors (Lipinski definition) is 3. The van der Waals surface area contributed by atoms with Gasteiger partial charge in [-0.15, -0.1) is 0 Å². The number of nitrogens with zero attached hydrogens (tertiary/aromatic N) is 1. The van der Waals surface area contributed by atoms with E-state index >= 15 is 0 Å². The summed E-state index contributed by atoms with van der Waals surface area (Å²) in [7, 11) is 1.33. The van der Waals surface area contributed by atoms with Crippen molar-refractivity contribution >= 4 is 35.6 Å². The zero-order chi connectivity index (χ0) is 16.4. The third-order valence-electron chi connectivity index (χ3n) is 2.84. The first-order valence-corrected chi connectivity index (χ1v) is 6.34. The number of carboxylic acid groups (broad SMARTS) is 1. The van der Waals surface area contributed by atoms with Gasteiger partial charge in [0, 0.05) is 0 Å². The molecule has 22 heavy (non-hydrogen) atoms. The Morgan fingerprint density at radius 3 is 2.73 bits per heavy atom. The Bertz CT molecular complexity index is 700. The number of urea groups is 1. The smallest absolute Gasteiger partial charge is 0.329 e. The van der Waals surface area contributed by atoms with E-state index in [2.05, 4.69) is 5.32 Å². The lowest BCUT2D eigenvalue weighted by molar-refractivity contribution is -0.140. The van der Waals surface area contributed by atoms with Crippen molar-refractivity contribution < 1.29 is 29.3 Å². The SMILES string of the molecule is COc1cc(/C=C2/NC(=O)N(CC(=O)O)C2=O)cc(Cl)c1O. The number of benzene rings is 1. The molecule has 1 aliphatic heterocycles. The molecular weight excluding hydrogens is 316 g/mol. The van der Waals surface area contributed by atoms with Crippen molar-refractivity contribution in [2.24, 2.45) is 0 Å². The highest BCUT2D eigenvalue weighted by Gasteiger charge is 2.34. The van der Waals surface area contributed by atoms with E-state index in [9.17, 15) is 19.5 Å². The molecule has 0 bridgehead atoms. The van der Waals surface area contributed by atoms with Gasteiger partial charge in [0.25, 0.3) is 5.91 Å². The van der Waals surface area contributed by atoms with Gasteiger partial charge in [-0.25, -0.2) is 9.69 Å². The number of ether oxygens (including phenoxy) is 1. The highest BCUT2D eigenvalue weighted by molar-refractivity contribution is 6.32. The summed E-state index contributed by atoms with van der Waals surface area (Å²) >= 11 is 5.83. The Balaban J connectivity index is 2.34. The summed E-state index contributed by atoms with van der Waals surface area (Å²) in [6.07, 6.45) is 1.30. The van der Waals surface area contributed by atoms with Crippen LogP contribution in [0.3, 0.4) is 0 Å². The second-order valence-corrected chi connectivity index (χ2v) is 4.73. The number of amides is 3. The molecule has 0 radical (unpaired) electrons. The Kier molecular flexibility index (Phi) is 4.22. The number of phenolic OH excluding ortho intramolecular Hbond substituents is 1. The van der Waals surface area contributed by atoms with Gasteiger partial charge in [0.2, 0.25) is 0 Å². The molecule has 1 aromatic rings. The van der Waals surface area contributed by atoms with Gasteiger partial charge in [0.15, 0.2) is 11.5 Å². The minimum absolute atomic E-state index is 0.00497. The maximum absolute atomic E-state index is 12.0. The number of hydrogen-bond acceptors (Lipinski definition) is 5. The third kappa shape index (κ3) is 2.96. The molecule has 116 valence electrons. The lowest BCUT2D eigenvalue weighted by Crippen LogP contribution is -2.35. The van der Waals surface area contributed by atoms with Crippen molar-refractivity contribution in [1.29, 1.82) is 0 Å². The predicted octanol–water partition coefficient (Wildman–Crippen LogP) is 1.03. The maximum Gasteiger partial charge on any atom is 0.329 e. The van der Waals surface area contributed by atoms with E-state index in [-0.39, 0.29) is 22.2 Å². The largest absolute Gasteiger partial charge is 0.503 e. The van der Waals surface area contributed by atoms with Crippen molar-refractivity contribution in [3.8, 4) is 11.5 Å². The van der Waals surface area contributed by atoms with Crippen LogP contribution in [0.25, 0.3) is 6.08 Å². The molecule has 0 unspecified atom stereocenters. The molecule has 3 amide bonds. The normalized spacial score (nSPS) is 16.1. The van der Waals surface area contributed by atoms with E-state index in [1.54, 1.807) is 0 Å². The molecule has 1 heterocycles. The number of methoxy groups -OCH3 is 1. The number of halogens is 1. The van der Waals surface area contributed by atoms with Crippen molar-refractivity contribution in [3.63, 3.8) is 0 Å². The first-order chi connectivity index (χ1) is 10.3. The van der Waals surface area contributed by atoms with E-state index < -0.39 is 24.5 Å². The van der Waals surface area contributed by atoms with Gasteiger partial charge in [0.1, 0.15) is 12.2 Å². The number of carbonyl (C=O) groups is 3. The molecule has 0 spiro atoms. The highest BCUT2D eigenvalue weighted by atomic mass is 35.5. The summed E-state index contributed by atoms with van der Waals surface area (Å²) in [6.45, 7) is -0.734. The number of carbonyl (C=O) groups excluding carboxylic acids is 2. The molecule has 1 fully saturated rings. The Labute approximate surface area is 129 Å². The van der Waals surface area contributed by atoms with Crippen LogP contribution in [0.1, 0.15) is 5.56 Å². The first kappa shape index (κ1) is 15.6. The first-order valence-electron chi connectivity index (χ1n) is 5.96. The number of carboxylic acids is 1. The van der Waals surface area contributed by atoms with Crippen LogP contribution in [0.5, 0.6) is 11.5 Å². The maximum atomic E-state index is 12.0. The van der Waals surface area contributed by atoms with E-state index in [0.717, 1.165) is 0 Å². The number of aromatic hydroxyl groups is 1.